The van der Waals surface area contributed by atoms with Gasteiger partial charge < -0.3 is 0 Å². The fourth-order valence-electron chi connectivity index (χ4n) is 2.74. The van der Waals surface area contributed by atoms with Crippen LogP contribution in [-0.2, 0) is 5.92 Å². The second-order valence-corrected chi connectivity index (χ2v) is 4.23. The highest BCUT2D eigenvalue weighted by Crippen LogP contribution is 2.71. The summed E-state index contributed by atoms with van der Waals surface area (Å²) in [6, 6.07) is 0. The SMILES string of the molecule is CC1[C@@H]2[C@H]1c1c(n[nH]c1C(F)F)C2(F)F. The van der Waals surface area contributed by atoms with Crippen molar-refractivity contribution < 1.29 is 17.6 Å². The van der Waals surface area contributed by atoms with Gasteiger partial charge in [0, 0.05) is 17.4 Å². The van der Waals surface area contributed by atoms with Crippen LogP contribution in [0.2, 0.25) is 0 Å². The molecule has 1 N–H and O–H groups in total. The molecule has 0 aromatic carbocycles. The third-order valence-corrected chi connectivity index (χ3v) is 3.50. The summed E-state index contributed by atoms with van der Waals surface area (Å²) in [5, 5.41) is 5.36. The van der Waals surface area contributed by atoms with Gasteiger partial charge in [0.25, 0.3) is 12.3 Å². The summed E-state index contributed by atoms with van der Waals surface area (Å²) < 4.78 is 52.2. The summed E-state index contributed by atoms with van der Waals surface area (Å²) in [6.45, 7) is 1.66. The number of hydrogen-bond acceptors (Lipinski definition) is 1. The van der Waals surface area contributed by atoms with Gasteiger partial charge in [0.2, 0.25) is 0 Å². The van der Waals surface area contributed by atoms with E-state index in [0.717, 1.165) is 0 Å². The van der Waals surface area contributed by atoms with Gasteiger partial charge >= 0.3 is 0 Å². The van der Waals surface area contributed by atoms with Gasteiger partial charge in [-0.25, -0.2) is 8.78 Å². The lowest BCUT2D eigenvalue weighted by Crippen LogP contribution is -2.16. The van der Waals surface area contributed by atoms with Crippen LogP contribution in [0.3, 0.4) is 0 Å². The average Bonchev–Trinajstić information content (AvgIpc) is 2.58. The van der Waals surface area contributed by atoms with Crippen molar-refractivity contribution >= 4 is 0 Å². The van der Waals surface area contributed by atoms with Crippen LogP contribution < -0.4 is 0 Å². The minimum Gasteiger partial charge on any atom is -0.276 e. The first-order valence-corrected chi connectivity index (χ1v) is 4.70. The minimum absolute atomic E-state index is 0.0625. The van der Waals surface area contributed by atoms with E-state index in [4.69, 9.17) is 0 Å². The first-order chi connectivity index (χ1) is 6.96. The van der Waals surface area contributed by atoms with Crippen LogP contribution in [0.5, 0.6) is 0 Å². The van der Waals surface area contributed by atoms with Gasteiger partial charge in [-0.15, -0.1) is 0 Å². The second-order valence-electron chi connectivity index (χ2n) is 4.23. The quantitative estimate of drug-likeness (QED) is 0.724. The Hall–Kier alpha value is -1.07. The Labute approximate surface area is 82.7 Å². The van der Waals surface area contributed by atoms with E-state index in [1.807, 2.05) is 5.10 Å². The smallest absolute Gasteiger partial charge is 0.276 e. The van der Waals surface area contributed by atoms with E-state index in [1.54, 1.807) is 6.92 Å². The number of rotatable bonds is 1. The fraction of sp³-hybridized carbons (Fsp3) is 0.667. The van der Waals surface area contributed by atoms with Crippen molar-refractivity contribution in [3.05, 3.63) is 17.0 Å². The van der Waals surface area contributed by atoms with Crippen LogP contribution in [0, 0.1) is 11.8 Å². The molecule has 82 valence electrons. The lowest BCUT2D eigenvalue weighted by molar-refractivity contribution is -0.0317. The molecule has 1 heterocycles. The van der Waals surface area contributed by atoms with Gasteiger partial charge in [0.15, 0.2) is 0 Å². The molecule has 6 heteroatoms. The maximum absolute atomic E-state index is 13.6. The number of aromatic nitrogens is 2. The Morgan fingerprint density at radius 1 is 1.40 bits per heavy atom. The number of H-pyrrole nitrogens is 1. The largest absolute Gasteiger partial charge is 0.295 e. The molecule has 1 saturated carbocycles. The standard InChI is InChI=1S/C9H8F4N2/c1-2-3-4-6(8(10)11)14-15-7(4)9(12,13)5(2)3/h2-3,5,8H,1H3,(H,14,15)/t2?,3-,5-/m1/s1. The molecule has 0 radical (unpaired) electrons. The third-order valence-electron chi connectivity index (χ3n) is 3.50. The van der Waals surface area contributed by atoms with Gasteiger partial charge in [-0.2, -0.15) is 13.9 Å². The summed E-state index contributed by atoms with van der Waals surface area (Å²) in [6.07, 6.45) is -2.76. The number of fused-ring (bicyclic) bond motifs is 3. The van der Waals surface area contributed by atoms with Crippen molar-refractivity contribution in [1.82, 2.24) is 10.2 Å². The van der Waals surface area contributed by atoms with E-state index in [0.29, 0.717) is 0 Å². The number of alkyl halides is 4. The molecular formula is C9H8F4N2. The first kappa shape index (κ1) is 9.18. The lowest BCUT2D eigenvalue weighted by atomic mass is 10.1. The Morgan fingerprint density at radius 2 is 2.07 bits per heavy atom. The Morgan fingerprint density at radius 3 is 2.67 bits per heavy atom. The van der Waals surface area contributed by atoms with Crippen LogP contribution in [-0.4, -0.2) is 10.2 Å². The molecule has 1 fully saturated rings. The maximum Gasteiger partial charge on any atom is 0.295 e. The van der Waals surface area contributed by atoms with Crippen LogP contribution in [0.4, 0.5) is 17.6 Å². The van der Waals surface area contributed by atoms with Crippen molar-refractivity contribution in [3.63, 3.8) is 0 Å². The molecule has 3 rings (SSSR count). The molecule has 1 unspecified atom stereocenters. The predicted molar refractivity (Wildman–Crippen MR) is 42.8 cm³/mol. The highest BCUT2D eigenvalue weighted by atomic mass is 19.3. The van der Waals surface area contributed by atoms with E-state index in [1.165, 1.54) is 0 Å². The zero-order chi connectivity index (χ0) is 11.0. The summed E-state index contributed by atoms with van der Waals surface area (Å²) in [5.74, 6) is -4.51. The molecule has 0 bridgehead atoms. The van der Waals surface area contributed by atoms with Crippen LogP contribution in [0.15, 0.2) is 0 Å². The van der Waals surface area contributed by atoms with Crippen LogP contribution in [0.1, 0.15) is 36.2 Å². The molecule has 3 atom stereocenters. The number of hydrogen-bond donors (Lipinski definition) is 1. The minimum atomic E-state index is -3.04. The van der Waals surface area contributed by atoms with E-state index >= 15 is 0 Å². The van der Waals surface area contributed by atoms with Crippen molar-refractivity contribution in [3.8, 4) is 0 Å². The maximum atomic E-state index is 13.6. The Bertz CT molecular complexity index is 426. The average molecular weight is 220 g/mol. The van der Waals surface area contributed by atoms with E-state index in [9.17, 15) is 17.6 Å². The lowest BCUT2D eigenvalue weighted by Gasteiger charge is -2.10. The summed E-state index contributed by atoms with van der Waals surface area (Å²) in [5.41, 5.74) is -0.833. The zero-order valence-electron chi connectivity index (χ0n) is 7.77. The number of aromatic amines is 1. The van der Waals surface area contributed by atoms with Gasteiger partial charge in [-0.1, -0.05) is 6.92 Å². The predicted octanol–water partition coefficient (Wildman–Crippen LogP) is 2.80. The van der Waals surface area contributed by atoms with Gasteiger partial charge in [0.05, 0.1) is 0 Å². The van der Waals surface area contributed by atoms with E-state index in [-0.39, 0.29) is 11.5 Å². The van der Waals surface area contributed by atoms with E-state index in [2.05, 4.69) is 5.10 Å². The normalized spacial score (nSPS) is 35.5. The fourth-order valence-corrected chi connectivity index (χ4v) is 2.74. The third kappa shape index (κ3) is 0.879. The topological polar surface area (TPSA) is 28.7 Å². The van der Waals surface area contributed by atoms with Crippen molar-refractivity contribution in [2.75, 3.05) is 0 Å². The summed E-state index contributed by atoms with van der Waals surface area (Å²) in [7, 11) is 0. The molecular weight excluding hydrogens is 212 g/mol. The molecule has 1 aromatic heterocycles. The summed E-state index contributed by atoms with van der Waals surface area (Å²) >= 11 is 0. The number of nitrogens with zero attached hydrogens (tertiary/aromatic N) is 1. The van der Waals surface area contributed by atoms with E-state index < -0.39 is 35.6 Å². The zero-order valence-corrected chi connectivity index (χ0v) is 7.77. The summed E-state index contributed by atoms with van der Waals surface area (Å²) in [4.78, 5) is 0. The van der Waals surface area contributed by atoms with Gasteiger partial charge in [-0.05, 0) is 5.92 Å². The molecule has 0 spiro atoms. The molecule has 2 nitrogen and oxygen atoms in total. The highest BCUT2D eigenvalue weighted by Gasteiger charge is 2.71. The molecule has 0 amide bonds. The van der Waals surface area contributed by atoms with Crippen molar-refractivity contribution in [2.24, 2.45) is 11.8 Å². The van der Waals surface area contributed by atoms with Crippen LogP contribution >= 0.6 is 0 Å². The molecule has 0 saturated heterocycles. The Kier molecular flexibility index (Phi) is 1.44. The number of nitrogens with one attached hydrogen (secondary N) is 1. The van der Waals surface area contributed by atoms with Gasteiger partial charge in [-0.3, -0.25) is 5.10 Å². The van der Waals surface area contributed by atoms with Gasteiger partial charge in [0.1, 0.15) is 11.4 Å². The molecule has 0 aliphatic heterocycles. The molecule has 1 aromatic rings. The highest BCUT2D eigenvalue weighted by molar-refractivity contribution is 5.46. The molecule has 15 heavy (non-hydrogen) atoms. The van der Waals surface area contributed by atoms with Crippen molar-refractivity contribution in [1.29, 1.82) is 0 Å². The molecule has 2 aliphatic carbocycles. The van der Waals surface area contributed by atoms with Crippen molar-refractivity contribution in [2.45, 2.75) is 25.2 Å². The number of halogens is 4. The second kappa shape index (κ2) is 2.36. The monoisotopic (exact) mass is 220 g/mol. The first-order valence-electron chi connectivity index (χ1n) is 4.70. The molecule has 2 aliphatic rings. The Balaban J connectivity index is 2.16. The van der Waals surface area contributed by atoms with Crippen LogP contribution in [0.25, 0.3) is 0 Å².